The van der Waals surface area contributed by atoms with Crippen LogP contribution in [0.15, 0.2) is 73.6 Å². The van der Waals surface area contributed by atoms with Crippen LogP contribution in [0, 0.1) is 23.0 Å². The number of imidazole rings is 2. The second-order valence-electron chi connectivity index (χ2n) is 12.6. The molecule has 0 saturated carbocycles. The van der Waals surface area contributed by atoms with E-state index in [1.165, 1.54) is 33.6 Å². The number of rotatable bonds is 0. The van der Waals surface area contributed by atoms with Crippen molar-refractivity contribution in [1.29, 1.82) is 0 Å². The van der Waals surface area contributed by atoms with Gasteiger partial charge >= 0.3 is 21.1 Å². The Balaban J connectivity index is 0.00000280. The number of hydrogen-bond acceptors (Lipinski definition) is 0. The molecule has 0 radical (unpaired) electrons. The normalized spacial score (nSPS) is 18.1. The van der Waals surface area contributed by atoms with Gasteiger partial charge in [-0.25, -0.2) is 0 Å². The van der Waals surface area contributed by atoms with Crippen molar-refractivity contribution in [3.05, 3.63) is 108 Å². The summed E-state index contributed by atoms with van der Waals surface area (Å²) in [5.41, 5.74) is 7.36. The standard InChI is InChI=1S/C32H36N4.Pt/c1-31(2,3)29-25-11-7-9-23(17-25)13-14-24-10-8-12-26(18-24)30(32(4,5)6)34-20-28-16-15-27-19-33(29)21-35(27)36(28)22-34;/h7-12,15-16,19-22,29-30H,13-14H2,1-6H3;/q-4;+4. The first kappa shape index (κ1) is 25.9. The van der Waals surface area contributed by atoms with Crippen LogP contribution in [-0.2, 0) is 33.9 Å². The topological polar surface area (TPSA) is 19.7 Å². The smallest absolute Gasteiger partial charge is 0.447 e. The van der Waals surface area contributed by atoms with E-state index < -0.39 is 0 Å². The minimum absolute atomic E-state index is 0. The summed E-state index contributed by atoms with van der Waals surface area (Å²) in [5, 5.41) is 0. The first-order chi connectivity index (χ1) is 17.1. The van der Waals surface area contributed by atoms with Crippen molar-refractivity contribution in [3.8, 4) is 11.4 Å². The number of nitrogens with zero attached hydrogens (tertiary/aromatic N) is 4. The van der Waals surface area contributed by atoms with Crippen molar-refractivity contribution >= 4 is 0 Å². The summed E-state index contributed by atoms with van der Waals surface area (Å²) in [6, 6.07) is 25.7. The summed E-state index contributed by atoms with van der Waals surface area (Å²) >= 11 is 0. The molecule has 0 amide bonds. The predicted molar refractivity (Wildman–Crippen MR) is 145 cm³/mol. The van der Waals surface area contributed by atoms with E-state index in [0.717, 1.165) is 12.8 Å². The average Bonchev–Trinajstić information content (AvgIpc) is 3.40. The molecule has 0 saturated heterocycles. The van der Waals surface area contributed by atoms with Crippen LogP contribution in [0.4, 0.5) is 0 Å². The number of aryl methyl sites for hydroxylation is 2. The van der Waals surface area contributed by atoms with Crippen LogP contribution in [0.5, 0.6) is 0 Å². The molecular formula is C32H36N4Pt. The molecule has 6 rings (SSSR count). The minimum atomic E-state index is 0. The Morgan fingerprint density at radius 3 is 1.43 bits per heavy atom. The molecule has 0 spiro atoms. The first-order valence-electron chi connectivity index (χ1n) is 13.1. The van der Waals surface area contributed by atoms with Gasteiger partial charge in [-0.2, -0.15) is 59.7 Å². The largest absolute Gasteiger partial charge is 4.00 e. The van der Waals surface area contributed by atoms with Gasteiger partial charge in [0.15, 0.2) is 0 Å². The Bertz CT molecular complexity index is 1370. The maximum absolute atomic E-state index is 3.80. The van der Waals surface area contributed by atoms with Gasteiger partial charge in [-0.15, -0.1) is 35.7 Å². The molecule has 8 bridgehead atoms. The summed E-state index contributed by atoms with van der Waals surface area (Å²) in [5.74, 6) is 0. The molecule has 4 nitrogen and oxygen atoms in total. The van der Waals surface area contributed by atoms with Crippen molar-refractivity contribution in [2.75, 3.05) is 0 Å². The second-order valence-corrected chi connectivity index (χ2v) is 12.6. The molecule has 4 aliphatic heterocycles. The van der Waals surface area contributed by atoms with Crippen LogP contribution in [0.1, 0.15) is 75.9 Å². The SMILES string of the molecule is CC(C)(C)C1c2[c-]c(ccc2)CCc2[c-]c(ccc2)C(C(C)(C)C)n2cc3ccc4cn1[cH-]n-4n-3[cH-]2.[Pt+4]. The van der Waals surface area contributed by atoms with E-state index in [2.05, 4.69) is 146 Å². The fourth-order valence-electron chi connectivity index (χ4n) is 6.03. The Morgan fingerprint density at radius 2 is 1.05 bits per heavy atom. The molecule has 37 heavy (non-hydrogen) atoms. The zero-order valence-electron chi connectivity index (χ0n) is 22.6. The summed E-state index contributed by atoms with van der Waals surface area (Å²) < 4.78 is 9.27. The molecule has 5 heteroatoms. The van der Waals surface area contributed by atoms with Crippen LogP contribution in [0.3, 0.4) is 0 Å². The van der Waals surface area contributed by atoms with E-state index >= 15 is 0 Å². The van der Waals surface area contributed by atoms with Gasteiger partial charge in [0.25, 0.3) is 0 Å². The first-order valence-corrected chi connectivity index (χ1v) is 13.1. The van der Waals surface area contributed by atoms with Crippen molar-refractivity contribution < 1.29 is 21.1 Å². The minimum Gasteiger partial charge on any atom is -0.447 e. The zero-order valence-corrected chi connectivity index (χ0v) is 24.9. The average molecular weight is 672 g/mol. The third-order valence-corrected chi connectivity index (χ3v) is 7.48. The summed E-state index contributed by atoms with van der Waals surface area (Å²) in [4.78, 5) is 0. The van der Waals surface area contributed by atoms with E-state index in [0.29, 0.717) is 0 Å². The summed E-state index contributed by atoms with van der Waals surface area (Å²) in [6.07, 6.45) is 10.9. The number of fused-ring (bicyclic) bond motifs is 6. The second kappa shape index (κ2) is 9.24. The summed E-state index contributed by atoms with van der Waals surface area (Å²) in [7, 11) is 0. The van der Waals surface area contributed by atoms with Crippen LogP contribution < -0.4 is 0 Å². The van der Waals surface area contributed by atoms with Gasteiger partial charge in [-0.05, 0) is 36.3 Å². The van der Waals surface area contributed by atoms with Gasteiger partial charge in [0.05, 0.1) is 0 Å². The molecule has 4 aliphatic rings. The van der Waals surface area contributed by atoms with Gasteiger partial charge in [0, 0.05) is 12.1 Å². The van der Waals surface area contributed by atoms with E-state index in [4.69, 9.17) is 0 Å². The Hall–Kier alpha value is -2.71. The fourth-order valence-corrected chi connectivity index (χ4v) is 6.03. The van der Waals surface area contributed by atoms with Crippen LogP contribution >= 0.6 is 0 Å². The molecule has 4 heterocycles. The van der Waals surface area contributed by atoms with E-state index in [-0.39, 0.29) is 44.0 Å². The van der Waals surface area contributed by atoms with Crippen molar-refractivity contribution in [2.24, 2.45) is 10.8 Å². The molecule has 0 aliphatic carbocycles. The molecule has 0 aromatic heterocycles. The van der Waals surface area contributed by atoms with Gasteiger partial charge in [0.2, 0.25) is 0 Å². The van der Waals surface area contributed by atoms with Gasteiger partial charge < -0.3 is 18.5 Å². The van der Waals surface area contributed by atoms with Crippen LogP contribution in [0.2, 0.25) is 0 Å². The quantitative estimate of drug-likeness (QED) is 0.154. The predicted octanol–water partition coefficient (Wildman–Crippen LogP) is 7.28. The van der Waals surface area contributed by atoms with E-state index in [1.54, 1.807) is 0 Å². The van der Waals surface area contributed by atoms with E-state index in [1.807, 2.05) is 0 Å². The molecule has 2 atom stereocenters. The molecular weight excluding hydrogens is 635 g/mol. The van der Waals surface area contributed by atoms with Crippen molar-refractivity contribution in [2.45, 2.75) is 66.5 Å². The molecule has 2 unspecified atom stereocenters. The fraction of sp³-hybridized carbons (Fsp3) is 0.375. The maximum Gasteiger partial charge on any atom is 4.00 e. The number of benzene rings is 2. The Labute approximate surface area is 235 Å². The summed E-state index contributed by atoms with van der Waals surface area (Å²) in [6.45, 7) is 13.9. The Morgan fingerprint density at radius 1 is 0.649 bits per heavy atom. The van der Waals surface area contributed by atoms with E-state index in [9.17, 15) is 0 Å². The van der Waals surface area contributed by atoms with Crippen molar-refractivity contribution in [3.63, 3.8) is 0 Å². The number of aromatic nitrogens is 4. The molecule has 2 aromatic carbocycles. The number of hydrogen-bond donors (Lipinski definition) is 0. The molecule has 0 N–H and O–H groups in total. The van der Waals surface area contributed by atoms with Gasteiger partial charge in [-0.1, -0.05) is 52.9 Å². The third kappa shape index (κ3) is 4.70. The maximum atomic E-state index is 3.80. The van der Waals surface area contributed by atoms with Crippen molar-refractivity contribution in [1.82, 2.24) is 18.5 Å². The molecule has 0 fully saturated rings. The molecule has 2 aromatic rings. The monoisotopic (exact) mass is 671 g/mol. The molecule has 194 valence electrons. The van der Waals surface area contributed by atoms with Crippen LogP contribution in [0.25, 0.3) is 11.4 Å². The van der Waals surface area contributed by atoms with Gasteiger partial charge in [-0.3, -0.25) is 0 Å². The zero-order chi connectivity index (χ0) is 25.2. The van der Waals surface area contributed by atoms with Crippen LogP contribution in [-0.4, -0.2) is 18.5 Å². The van der Waals surface area contributed by atoms with Gasteiger partial charge in [0.1, 0.15) is 0 Å². The Kier molecular flexibility index (Phi) is 6.47. The third-order valence-electron chi connectivity index (χ3n) is 7.48.